The van der Waals surface area contributed by atoms with Crippen LogP contribution in [0.2, 0.25) is 0 Å². The molecule has 0 radical (unpaired) electrons. The average molecular weight is 452 g/mol. The first-order valence-corrected chi connectivity index (χ1v) is 10.9. The third kappa shape index (κ3) is 8.31. The minimum absolute atomic E-state index is 0.257. The quantitative estimate of drug-likeness (QED) is 0.215. The Morgan fingerprint density at radius 2 is 1.67 bits per heavy atom. The van der Waals surface area contributed by atoms with Crippen LogP contribution in [0.15, 0.2) is 66.7 Å². The largest absolute Gasteiger partial charge is 0.459 e. The van der Waals surface area contributed by atoms with Crippen molar-refractivity contribution in [1.82, 2.24) is 0 Å². The van der Waals surface area contributed by atoms with Gasteiger partial charge >= 0.3 is 0 Å². The van der Waals surface area contributed by atoms with E-state index < -0.39 is 6.29 Å². The van der Waals surface area contributed by atoms with Crippen molar-refractivity contribution >= 4 is 29.4 Å². The van der Waals surface area contributed by atoms with Crippen LogP contribution < -0.4 is 21.1 Å². The molecule has 3 rings (SSSR count). The first kappa shape index (κ1) is 27.2. The molecule has 1 atom stereocenters. The van der Waals surface area contributed by atoms with Gasteiger partial charge in [0.05, 0.1) is 5.69 Å². The van der Waals surface area contributed by atoms with E-state index in [9.17, 15) is 14.7 Å². The molecule has 7 heteroatoms. The summed E-state index contributed by atoms with van der Waals surface area (Å²) in [4.78, 5) is 23.4. The molecule has 0 saturated heterocycles. The van der Waals surface area contributed by atoms with E-state index in [-0.39, 0.29) is 11.7 Å². The Morgan fingerprint density at radius 1 is 1.00 bits per heavy atom. The molecule has 7 nitrogen and oxygen atoms in total. The fourth-order valence-electron chi connectivity index (χ4n) is 2.69. The number of ether oxygens (including phenoxy) is 1. The van der Waals surface area contributed by atoms with Gasteiger partial charge in [-0.05, 0) is 43.3 Å². The minimum Gasteiger partial charge on any atom is -0.459 e. The number of anilines is 3. The van der Waals surface area contributed by atoms with E-state index >= 15 is 0 Å². The first-order valence-electron chi connectivity index (χ1n) is 10.9. The predicted molar refractivity (Wildman–Crippen MR) is 134 cm³/mol. The van der Waals surface area contributed by atoms with Crippen LogP contribution in [0, 0.1) is 6.92 Å². The van der Waals surface area contributed by atoms with Gasteiger partial charge in [-0.2, -0.15) is 0 Å². The maximum absolute atomic E-state index is 12.4. The number of aliphatic hydroxyl groups is 1. The zero-order chi connectivity index (χ0) is 24.8. The number of nitrogen functional groups attached to an aromatic ring is 1. The molecule has 33 heavy (non-hydrogen) atoms. The van der Waals surface area contributed by atoms with E-state index in [1.807, 2.05) is 46.8 Å². The lowest BCUT2D eigenvalue weighted by Crippen LogP contribution is -2.13. The molecular weight excluding hydrogens is 418 g/mol. The first-order chi connectivity index (χ1) is 16.0. The zero-order valence-electron chi connectivity index (χ0n) is 19.8. The standard InChI is InChI=1S/C22H21N3O4.2C2H6/c1-14-5-7-15(8-6-14)22(28)29-20-10-9-18(12-19(20)24-13-26)25-21(27)16-3-2-4-17(23)11-16;2*1-2/h2-13,22,28H,23H2,1H3,(H,24,26)(H,25,27);2*1-2H3. The molecule has 176 valence electrons. The maximum Gasteiger partial charge on any atom is 0.255 e. The summed E-state index contributed by atoms with van der Waals surface area (Å²) in [5.74, 6) is -0.0881. The van der Waals surface area contributed by atoms with E-state index in [0.29, 0.717) is 34.6 Å². The normalized spacial score (nSPS) is 10.4. The predicted octanol–water partition coefficient (Wildman–Crippen LogP) is 5.52. The van der Waals surface area contributed by atoms with Crippen molar-refractivity contribution < 1.29 is 19.4 Å². The van der Waals surface area contributed by atoms with E-state index in [4.69, 9.17) is 10.5 Å². The lowest BCUT2D eigenvalue weighted by molar-refractivity contribution is -0.105. The van der Waals surface area contributed by atoms with Crippen LogP contribution in [0.5, 0.6) is 5.75 Å². The molecule has 0 aromatic heterocycles. The van der Waals surface area contributed by atoms with Crippen molar-refractivity contribution in [3.63, 3.8) is 0 Å². The molecule has 3 aromatic rings. The van der Waals surface area contributed by atoms with Crippen LogP contribution in [-0.4, -0.2) is 17.4 Å². The second-order valence-electron chi connectivity index (χ2n) is 6.43. The molecule has 0 aliphatic carbocycles. The Morgan fingerprint density at radius 3 is 2.27 bits per heavy atom. The highest BCUT2D eigenvalue weighted by molar-refractivity contribution is 6.05. The molecule has 0 aliphatic heterocycles. The van der Waals surface area contributed by atoms with Crippen molar-refractivity contribution in [3.05, 3.63) is 83.4 Å². The smallest absolute Gasteiger partial charge is 0.255 e. The van der Waals surface area contributed by atoms with Crippen LogP contribution in [-0.2, 0) is 4.79 Å². The molecule has 1 unspecified atom stereocenters. The van der Waals surface area contributed by atoms with Gasteiger partial charge < -0.3 is 26.2 Å². The number of carbonyl (C=O) groups excluding carboxylic acids is 2. The molecule has 3 aromatic carbocycles. The van der Waals surface area contributed by atoms with Crippen molar-refractivity contribution in [2.75, 3.05) is 16.4 Å². The number of benzene rings is 3. The van der Waals surface area contributed by atoms with Gasteiger partial charge in [-0.25, -0.2) is 0 Å². The van der Waals surface area contributed by atoms with E-state index in [1.165, 1.54) is 6.07 Å². The Balaban J connectivity index is 0.00000129. The number of hydrogen-bond donors (Lipinski definition) is 4. The number of hydrogen-bond acceptors (Lipinski definition) is 5. The van der Waals surface area contributed by atoms with Gasteiger partial charge in [0.2, 0.25) is 12.7 Å². The molecule has 0 fully saturated rings. The highest BCUT2D eigenvalue weighted by Gasteiger charge is 2.14. The fraction of sp³-hybridized carbons (Fsp3) is 0.231. The van der Waals surface area contributed by atoms with Gasteiger partial charge in [0.25, 0.3) is 5.91 Å². The fourth-order valence-corrected chi connectivity index (χ4v) is 2.69. The summed E-state index contributed by atoms with van der Waals surface area (Å²) in [6.45, 7) is 9.94. The van der Waals surface area contributed by atoms with Gasteiger partial charge in [0, 0.05) is 22.5 Å². The van der Waals surface area contributed by atoms with Gasteiger partial charge in [-0.1, -0.05) is 63.6 Å². The second kappa shape index (κ2) is 14.3. The SMILES string of the molecule is CC.CC.Cc1ccc(C(O)Oc2ccc(NC(=O)c3cccc(N)c3)cc2NC=O)cc1. The summed E-state index contributed by atoms with van der Waals surface area (Å²) >= 11 is 0. The number of rotatable bonds is 7. The molecule has 0 bridgehead atoms. The summed E-state index contributed by atoms with van der Waals surface area (Å²) in [7, 11) is 0. The number of nitrogens with one attached hydrogen (secondary N) is 2. The molecule has 0 aliphatic rings. The maximum atomic E-state index is 12.4. The lowest BCUT2D eigenvalue weighted by Gasteiger charge is -2.17. The molecule has 5 N–H and O–H groups in total. The monoisotopic (exact) mass is 451 g/mol. The summed E-state index contributed by atoms with van der Waals surface area (Å²) in [6, 6.07) is 18.5. The van der Waals surface area contributed by atoms with Crippen LogP contribution in [0.25, 0.3) is 0 Å². The molecule has 2 amide bonds. The summed E-state index contributed by atoms with van der Waals surface area (Å²) in [5, 5.41) is 15.6. The molecule has 0 heterocycles. The molecular formula is C26H33N3O4. The Bertz CT molecular complexity index is 1020. The van der Waals surface area contributed by atoms with Crippen molar-refractivity contribution in [1.29, 1.82) is 0 Å². The lowest BCUT2D eigenvalue weighted by atomic mass is 10.1. The van der Waals surface area contributed by atoms with E-state index in [0.717, 1.165) is 5.56 Å². The Hall–Kier alpha value is -3.84. The van der Waals surface area contributed by atoms with Crippen molar-refractivity contribution in [2.45, 2.75) is 40.9 Å². The number of nitrogens with two attached hydrogens (primary N) is 1. The molecule has 0 spiro atoms. The summed E-state index contributed by atoms with van der Waals surface area (Å²) < 4.78 is 5.59. The number of amides is 2. The van der Waals surface area contributed by atoms with Gasteiger partial charge in [-0.15, -0.1) is 0 Å². The van der Waals surface area contributed by atoms with Crippen molar-refractivity contribution in [3.8, 4) is 5.75 Å². The topological polar surface area (TPSA) is 114 Å². The van der Waals surface area contributed by atoms with Gasteiger partial charge in [0.1, 0.15) is 5.75 Å². The van der Waals surface area contributed by atoms with Gasteiger partial charge in [-0.3, -0.25) is 9.59 Å². The zero-order valence-corrected chi connectivity index (χ0v) is 19.8. The summed E-state index contributed by atoms with van der Waals surface area (Å²) in [5.41, 5.74) is 8.98. The third-order valence-electron chi connectivity index (χ3n) is 4.20. The highest BCUT2D eigenvalue weighted by Crippen LogP contribution is 2.31. The van der Waals surface area contributed by atoms with Crippen LogP contribution >= 0.6 is 0 Å². The van der Waals surface area contributed by atoms with Crippen LogP contribution in [0.4, 0.5) is 17.1 Å². The Kier molecular flexibility index (Phi) is 11.8. The van der Waals surface area contributed by atoms with Crippen LogP contribution in [0.3, 0.4) is 0 Å². The third-order valence-corrected chi connectivity index (χ3v) is 4.20. The number of aliphatic hydroxyl groups excluding tert-OH is 1. The van der Waals surface area contributed by atoms with E-state index in [1.54, 1.807) is 48.5 Å². The van der Waals surface area contributed by atoms with E-state index in [2.05, 4.69) is 10.6 Å². The van der Waals surface area contributed by atoms with Crippen molar-refractivity contribution in [2.24, 2.45) is 0 Å². The number of carbonyl (C=O) groups is 2. The number of aryl methyl sites for hydroxylation is 1. The molecule has 0 saturated carbocycles. The summed E-state index contributed by atoms with van der Waals surface area (Å²) in [6.07, 6.45) is -0.722. The van der Waals surface area contributed by atoms with Gasteiger partial charge in [0.15, 0.2) is 0 Å². The Labute approximate surface area is 195 Å². The average Bonchev–Trinajstić information content (AvgIpc) is 2.84. The second-order valence-corrected chi connectivity index (χ2v) is 6.43. The highest BCUT2D eigenvalue weighted by atomic mass is 16.6. The van der Waals surface area contributed by atoms with Crippen LogP contribution in [0.1, 0.15) is 55.5 Å². The minimum atomic E-state index is -1.21.